The van der Waals surface area contributed by atoms with Gasteiger partial charge in [0, 0.05) is 18.6 Å². The number of nitrogens with two attached hydrogens (primary N) is 1. The summed E-state index contributed by atoms with van der Waals surface area (Å²) in [4.78, 5) is 25.1. The minimum Gasteiger partial charge on any atom is -0.460 e. The average Bonchev–Trinajstić information content (AvgIpc) is 2.97. The number of carbonyl (C=O) groups is 2. The average molecular weight is 389 g/mol. The number of aryl methyl sites for hydroxylation is 1. The van der Waals surface area contributed by atoms with E-state index in [1.54, 1.807) is 21.0 Å². The summed E-state index contributed by atoms with van der Waals surface area (Å²) in [5, 5.41) is 10.3. The Morgan fingerprint density at radius 2 is 1.96 bits per heavy atom. The molecule has 3 N–H and O–H groups in total. The van der Waals surface area contributed by atoms with E-state index in [1.165, 1.54) is 0 Å². The number of benzene rings is 1. The number of aliphatic hydroxyl groups excluding tert-OH is 1. The maximum absolute atomic E-state index is 13.3. The van der Waals surface area contributed by atoms with Crippen LogP contribution >= 0.6 is 0 Å². The van der Waals surface area contributed by atoms with Crippen LogP contribution in [0.1, 0.15) is 34.5 Å². The van der Waals surface area contributed by atoms with Gasteiger partial charge in [0.1, 0.15) is 23.5 Å². The Hall–Kier alpha value is -2.22. The van der Waals surface area contributed by atoms with Crippen LogP contribution in [0.4, 0.5) is 0 Å². The fourth-order valence-electron chi connectivity index (χ4n) is 3.99. The number of aliphatic hydroxyl groups is 1. The molecule has 7 heteroatoms. The lowest BCUT2D eigenvalue weighted by Gasteiger charge is -2.32. The first-order chi connectivity index (χ1) is 13.3. The van der Waals surface area contributed by atoms with Crippen LogP contribution in [0, 0.1) is 12.8 Å². The van der Waals surface area contributed by atoms with Crippen molar-refractivity contribution in [3.05, 3.63) is 35.1 Å². The summed E-state index contributed by atoms with van der Waals surface area (Å²) in [6, 6.07) is 4.91. The van der Waals surface area contributed by atoms with Gasteiger partial charge < -0.3 is 20.0 Å². The van der Waals surface area contributed by atoms with E-state index in [-0.39, 0.29) is 10.4 Å². The van der Waals surface area contributed by atoms with E-state index in [2.05, 4.69) is 0 Å². The van der Waals surface area contributed by atoms with Crippen LogP contribution in [0.15, 0.2) is 22.6 Å². The third kappa shape index (κ3) is 3.83. The third-order valence-corrected chi connectivity index (χ3v) is 5.81. The maximum atomic E-state index is 13.3. The molecule has 7 nitrogen and oxygen atoms in total. The van der Waals surface area contributed by atoms with Crippen molar-refractivity contribution >= 4 is 22.8 Å². The van der Waals surface area contributed by atoms with Gasteiger partial charge in [-0.05, 0) is 49.8 Å². The molecule has 28 heavy (non-hydrogen) atoms. The van der Waals surface area contributed by atoms with Gasteiger partial charge in [0.25, 0.3) is 5.91 Å². The molecule has 1 aliphatic rings. The number of hydrogen-bond donors (Lipinski definition) is 2. The van der Waals surface area contributed by atoms with Crippen molar-refractivity contribution in [1.82, 2.24) is 0 Å². The second-order valence-corrected chi connectivity index (χ2v) is 8.07. The zero-order valence-corrected chi connectivity index (χ0v) is 16.7. The highest BCUT2D eigenvalue weighted by Gasteiger charge is 2.42. The fourth-order valence-corrected chi connectivity index (χ4v) is 3.99. The predicted octanol–water partition coefficient (Wildman–Crippen LogP) is 1.77. The first-order valence-electron chi connectivity index (χ1n) is 9.64. The number of carbonyl (C=O) groups excluding carboxylic acids is 2. The van der Waals surface area contributed by atoms with E-state index >= 15 is 0 Å². The molecule has 3 rings (SSSR count). The SMILES string of the molecule is Cc1oc2ccc(CC3CCOCC3)cc2c1C(=O)[N+](C)(C)C(CO)C(N)=O. The molecular weight excluding hydrogens is 360 g/mol. The van der Waals surface area contributed by atoms with Crippen LogP contribution in [0.25, 0.3) is 11.0 Å². The molecule has 0 aliphatic carbocycles. The van der Waals surface area contributed by atoms with E-state index < -0.39 is 18.6 Å². The van der Waals surface area contributed by atoms with Crippen LogP contribution in [-0.2, 0) is 16.0 Å². The Balaban J connectivity index is 1.97. The number of rotatable bonds is 6. The fraction of sp³-hybridized carbons (Fsp3) is 0.524. The Morgan fingerprint density at radius 1 is 1.29 bits per heavy atom. The van der Waals surface area contributed by atoms with Crippen LogP contribution in [0.3, 0.4) is 0 Å². The molecule has 1 saturated heterocycles. The molecule has 0 spiro atoms. The molecule has 2 amide bonds. The molecule has 0 saturated carbocycles. The lowest BCUT2D eigenvalue weighted by Crippen LogP contribution is -2.60. The molecule has 0 radical (unpaired) electrons. The maximum Gasteiger partial charge on any atom is 0.350 e. The van der Waals surface area contributed by atoms with E-state index in [1.807, 2.05) is 18.2 Å². The second-order valence-electron chi connectivity index (χ2n) is 8.07. The molecule has 152 valence electrons. The van der Waals surface area contributed by atoms with E-state index in [0.29, 0.717) is 22.8 Å². The molecule has 1 unspecified atom stereocenters. The minimum atomic E-state index is -1.03. The van der Waals surface area contributed by atoms with Crippen molar-refractivity contribution in [3.8, 4) is 0 Å². The second kappa shape index (κ2) is 8.03. The van der Waals surface area contributed by atoms with Crippen molar-refractivity contribution in [2.75, 3.05) is 33.9 Å². The highest BCUT2D eigenvalue weighted by Crippen LogP contribution is 2.31. The molecule has 1 aromatic carbocycles. The van der Waals surface area contributed by atoms with Crippen molar-refractivity contribution in [2.45, 2.75) is 32.2 Å². The molecular formula is C21H29N2O5+. The number of furan rings is 1. The van der Waals surface area contributed by atoms with Gasteiger partial charge in [-0.25, -0.2) is 9.28 Å². The van der Waals surface area contributed by atoms with Gasteiger partial charge in [0.15, 0.2) is 6.04 Å². The normalized spacial score (nSPS) is 17.0. The van der Waals surface area contributed by atoms with Gasteiger partial charge in [-0.15, -0.1) is 0 Å². The third-order valence-electron chi connectivity index (χ3n) is 5.81. The summed E-state index contributed by atoms with van der Waals surface area (Å²) in [6.45, 7) is 2.83. The Labute approximate surface area is 164 Å². The summed E-state index contributed by atoms with van der Waals surface area (Å²) < 4.78 is 10.9. The van der Waals surface area contributed by atoms with E-state index in [0.717, 1.165) is 43.4 Å². The summed E-state index contributed by atoms with van der Waals surface area (Å²) in [7, 11) is 3.16. The summed E-state index contributed by atoms with van der Waals surface area (Å²) in [5.41, 5.74) is 7.62. The largest absolute Gasteiger partial charge is 0.460 e. The number of nitrogens with zero attached hydrogens (tertiary/aromatic N) is 1. The number of likely N-dealkylation sites (N-methyl/N-ethyl adjacent to an activating group) is 1. The monoisotopic (exact) mass is 389 g/mol. The van der Waals surface area contributed by atoms with Gasteiger partial charge in [-0.1, -0.05) is 6.07 Å². The van der Waals surface area contributed by atoms with Crippen molar-refractivity contribution in [1.29, 1.82) is 0 Å². The zero-order valence-electron chi connectivity index (χ0n) is 16.7. The molecule has 0 bridgehead atoms. The van der Waals surface area contributed by atoms with E-state index in [4.69, 9.17) is 14.9 Å². The standard InChI is InChI=1S/C21H28N2O5/c1-13-19(21(26)23(2,3)17(12-24)20(22)25)16-11-15(4-5-18(16)28-13)10-14-6-8-27-9-7-14/h4-5,11,14,17,24H,6-10,12H2,1-3H3,(H-,22,25)/p+1. The van der Waals surface area contributed by atoms with Crippen molar-refractivity contribution in [2.24, 2.45) is 11.7 Å². The lowest BCUT2D eigenvalue weighted by atomic mass is 9.91. The smallest absolute Gasteiger partial charge is 0.350 e. The number of quaternary nitrogens is 1. The number of primary amides is 1. The molecule has 1 fully saturated rings. The molecule has 1 aromatic heterocycles. The lowest BCUT2D eigenvalue weighted by molar-refractivity contribution is -0.825. The van der Waals surface area contributed by atoms with Gasteiger partial charge in [-0.2, -0.15) is 0 Å². The van der Waals surface area contributed by atoms with Crippen LogP contribution in [0.2, 0.25) is 0 Å². The van der Waals surface area contributed by atoms with Crippen LogP contribution in [0.5, 0.6) is 0 Å². The Bertz CT molecular complexity index is 880. The van der Waals surface area contributed by atoms with E-state index in [9.17, 15) is 14.7 Å². The van der Waals surface area contributed by atoms with Gasteiger partial charge in [-0.3, -0.25) is 4.79 Å². The highest BCUT2D eigenvalue weighted by molar-refractivity contribution is 6.05. The van der Waals surface area contributed by atoms with Crippen LogP contribution < -0.4 is 5.73 Å². The number of ether oxygens (including phenoxy) is 1. The number of hydrogen-bond acceptors (Lipinski definition) is 5. The Morgan fingerprint density at radius 3 is 2.57 bits per heavy atom. The minimum absolute atomic E-state index is 0.308. The number of fused-ring (bicyclic) bond motifs is 1. The topological polar surface area (TPSA) is 103 Å². The number of amides is 2. The Kier molecular flexibility index (Phi) is 5.88. The zero-order chi connectivity index (χ0) is 20.5. The quantitative estimate of drug-likeness (QED) is 0.733. The van der Waals surface area contributed by atoms with Gasteiger partial charge in [0.05, 0.1) is 14.1 Å². The van der Waals surface area contributed by atoms with Gasteiger partial charge in [0.2, 0.25) is 0 Å². The van der Waals surface area contributed by atoms with Crippen molar-refractivity contribution < 1.29 is 28.3 Å². The highest BCUT2D eigenvalue weighted by atomic mass is 16.5. The summed E-state index contributed by atoms with van der Waals surface area (Å²) in [5.74, 6) is 0.0404. The first-order valence-corrected chi connectivity index (χ1v) is 9.64. The predicted molar refractivity (Wildman–Crippen MR) is 105 cm³/mol. The van der Waals surface area contributed by atoms with Crippen LogP contribution in [-0.4, -0.2) is 61.4 Å². The molecule has 2 heterocycles. The first kappa shape index (κ1) is 20.5. The molecule has 1 atom stereocenters. The molecule has 1 aliphatic heterocycles. The summed E-state index contributed by atoms with van der Waals surface area (Å²) in [6.07, 6.45) is 3.00. The van der Waals surface area contributed by atoms with Crippen molar-refractivity contribution in [3.63, 3.8) is 0 Å². The van der Waals surface area contributed by atoms with Gasteiger partial charge >= 0.3 is 5.91 Å². The molecule has 2 aromatic rings. The summed E-state index contributed by atoms with van der Waals surface area (Å²) >= 11 is 0.